The summed E-state index contributed by atoms with van der Waals surface area (Å²) >= 11 is 0. The highest BCUT2D eigenvalue weighted by molar-refractivity contribution is 5.98. The van der Waals surface area contributed by atoms with E-state index in [0.717, 1.165) is 11.3 Å². The Morgan fingerprint density at radius 3 is 2.14 bits per heavy atom. The topological polar surface area (TPSA) is 61.9 Å². The molecule has 1 N–H and O–H groups in total. The smallest absolute Gasteiger partial charge is 0.410 e. The van der Waals surface area contributed by atoms with Crippen molar-refractivity contribution in [2.24, 2.45) is 0 Å². The average molecular weight is 381 g/mol. The van der Waals surface area contributed by atoms with Gasteiger partial charge in [0.1, 0.15) is 12.1 Å². The molecular weight excluding hydrogens is 354 g/mol. The van der Waals surface area contributed by atoms with Crippen molar-refractivity contribution in [2.75, 3.05) is 32.5 Å². The van der Waals surface area contributed by atoms with Crippen LogP contribution < -0.4 is 5.32 Å². The predicted octanol–water partition coefficient (Wildman–Crippen LogP) is 3.36. The number of carbonyl (C=O) groups excluding carboxylic acids is 2. The number of para-hydroxylation sites is 1. The highest BCUT2D eigenvalue weighted by Crippen LogP contribution is 2.29. The monoisotopic (exact) mass is 381 g/mol. The van der Waals surface area contributed by atoms with E-state index in [0.29, 0.717) is 25.9 Å². The zero-order valence-corrected chi connectivity index (χ0v) is 16.4. The van der Waals surface area contributed by atoms with E-state index in [2.05, 4.69) is 5.32 Å². The summed E-state index contributed by atoms with van der Waals surface area (Å²) in [5.41, 5.74) is 1.09. The summed E-state index contributed by atoms with van der Waals surface area (Å²) in [5, 5.41) is 3.01. The molecular formula is C22H27N3O3. The van der Waals surface area contributed by atoms with Crippen molar-refractivity contribution in [3.05, 3.63) is 66.2 Å². The number of nitrogens with zero attached hydrogens (tertiary/aromatic N) is 2. The van der Waals surface area contributed by atoms with Gasteiger partial charge in [-0.3, -0.25) is 9.69 Å². The summed E-state index contributed by atoms with van der Waals surface area (Å²) in [5.74, 6) is -0.0407. The number of likely N-dealkylation sites (N-methyl/N-ethyl adjacent to an activating group) is 1. The van der Waals surface area contributed by atoms with Gasteiger partial charge in [0, 0.05) is 18.8 Å². The molecule has 0 bridgehead atoms. The molecule has 0 aliphatic carbocycles. The van der Waals surface area contributed by atoms with Gasteiger partial charge in [0.05, 0.1) is 0 Å². The highest BCUT2D eigenvalue weighted by Gasteiger charge is 2.44. The number of anilines is 1. The second kappa shape index (κ2) is 8.89. The van der Waals surface area contributed by atoms with Gasteiger partial charge in [-0.1, -0.05) is 48.5 Å². The van der Waals surface area contributed by atoms with Crippen LogP contribution in [0.2, 0.25) is 0 Å². The molecule has 148 valence electrons. The number of likely N-dealkylation sites (tertiary alicyclic amines) is 1. The molecule has 0 aromatic heterocycles. The zero-order chi connectivity index (χ0) is 20.0. The Morgan fingerprint density at radius 1 is 1.00 bits per heavy atom. The number of nitrogens with one attached hydrogen (secondary N) is 1. The van der Waals surface area contributed by atoms with Gasteiger partial charge in [-0.25, -0.2) is 4.79 Å². The number of ether oxygens (including phenoxy) is 1. The molecule has 6 heteroatoms. The standard InChI is InChI=1S/C22H27N3O3/c1-24(2)22(20(26)23-19-11-7-4-8-12-19)13-15-25(16-14-22)21(27)28-17-18-9-5-3-6-10-18/h3-12H,13-17H2,1-2H3,(H,23,26). The van der Waals surface area contributed by atoms with Crippen LogP contribution in [0.1, 0.15) is 18.4 Å². The molecule has 0 atom stereocenters. The van der Waals surface area contributed by atoms with E-state index in [-0.39, 0.29) is 18.6 Å². The molecule has 1 aliphatic heterocycles. The lowest BCUT2D eigenvalue weighted by atomic mass is 9.85. The lowest BCUT2D eigenvalue weighted by Gasteiger charge is -2.44. The Balaban J connectivity index is 1.58. The summed E-state index contributed by atoms with van der Waals surface area (Å²) < 4.78 is 5.43. The van der Waals surface area contributed by atoms with Crippen LogP contribution in [0, 0.1) is 0 Å². The molecule has 6 nitrogen and oxygen atoms in total. The van der Waals surface area contributed by atoms with Crippen molar-refractivity contribution in [3.8, 4) is 0 Å². The van der Waals surface area contributed by atoms with Crippen molar-refractivity contribution in [3.63, 3.8) is 0 Å². The summed E-state index contributed by atoms with van der Waals surface area (Å²) in [6, 6.07) is 19.1. The number of hydrogen-bond donors (Lipinski definition) is 1. The lowest BCUT2D eigenvalue weighted by Crippen LogP contribution is -2.60. The lowest BCUT2D eigenvalue weighted by molar-refractivity contribution is -0.129. The predicted molar refractivity (Wildman–Crippen MR) is 109 cm³/mol. The van der Waals surface area contributed by atoms with E-state index in [1.807, 2.05) is 79.7 Å². The maximum atomic E-state index is 13.0. The van der Waals surface area contributed by atoms with Crippen LogP contribution in [0.15, 0.2) is 60.7 Å². The summed E-state index contributed by atoms with van der Waals surface area (Å²) in [7, 11) is 3.82. The molecule has 2 amide bonds. The molecule has 1 fully saturated rings. The Labute approximate surface area is 166 Å². The van der Waals surface area contributed by atoms with Gasteiger partial charge < -0.3 is 15.0 Å². The van der Waals surface area contributed by atoms with Crippen LogP contribution in [0.4, 0.5) is 10.5 Å². The Hall–Kier alpha value is -2.86. The molecule has 1 heterocycles. The average Bonchev–Trinajstić information content (AvgIpc) is 2.73. The van der Waals surface area contributed by atoms with Crippen LogP contribution in [-0.2, 0) is 16.1 Å². The van der Waals surface area contributed by atoms with Gasteiger partial charge in [0.2, 0.25) is 5.91 Å². The maximum Gasteiger partial charge on any atom is 0.410 e. The SMILES string of the molecule is CN(C)C1(C(=O)Nc2ccccc2)CCN(C(=O)OCc2ccccc2)CC1. The molecule has 28 heavy (non-hydrogen) atoms. The largest absolute Gasteiger partial charge is 0.445 e. The summed E-state index contributed by atoms with van der Waals surface area (Å²) in [6.45, 7) is 1.21. The van der Waals surface area contributed by atoms with Crippen LogP contribution in [0.25, 0.3) is 0 Å². The first kappa shape index (κ1) is 19.9. The van der Waals surface area contributed by atoms with E-state index in [1.165, 1.54) is 0 Å². The minimum atomic E-state index is -0.647. The summed E-state index contributed by atoms with van der Waals surface area (Å²) in [4.78, 5) is 29.1. The third kappa shape index (κ3) is 4.51. The minimum absolute atomic E-state index is 0.0407. The van der Waals surface area contributed by atoms with Gasteiger partial charge in [0.25, 0.3) is 0 Å². The zero-order valence-electron chi connectivity index (χ0n) is 16.4. The van der Waals surface area contributed by atoms with Crippen molar-refractivity contribution in [1.82, 2.24) is 9.80 Å². The highest BCUT2D eigenvalue weighted by atomic mass is 16.6. The van der Waals surface area contributed by atoms with E-state index >= 15 is 0 Å². The molecule has 3 rings (SSSR count). The fraction of sp³-hybridized carbons (Fsp3) is 0.364. The van der Waals surface area contributed by atoms with Crippen LogP contribution >= 0.6 is 0 Å². The number of rotatable bonds is 5. The van der Waals surface area contributed by atoms with Gasteiger partial charge in [-0.2, -0.15) is 0 Å². The van der Waals surface area contributed by atoms with Gasteiger partial charge in [0.15, 0.2) is 0 Å². The molecule has 2 aromatic rings. The Kier molecular flexibility index (Phi) is 6.31. The molecule has 0 radical (unpaired) electrons. The van der Waals surface area contributed by atoms with Crippen LogP contribution in [0.5, 0.6) is 0 Å². The molecule has 0 saturated carbocycles. The van der Waals surface area contributed by atoms with Gasteiger partial charge in [-0.05, 0) is 44.6 Å². The number of piperidine rings is 1. The van der Waals surface area contributed by atoms with Crippen molar-refractivity contribution >= 4 is 17.7 Å². The van der Waals surface area contributed by atoms with E-state index in [4.69, 9.17) is 4.74 Å². The van der Waals surface area contributed by atoms with E-state index in [9.17, 15) is 9.59 Å². The second-order valence-electron chi connectivity index (χ2n) is 7.27. The Bertz CT molecular complexity index is 785. The first-order valence-corrected chi connectivity index (χ1v) is 9.51. The molecule has 1 saturated heterocycles. The molecule has 0 spiro atoms. The molecule has 1 aliphatic rings. The third-order valence-corrected chi connectivity index (χ3v) is 5.36. The van der Waals surface area contributed by atoms with Gasteiger partial charge >= 0.3 is 6.09 Å². The first-order valence-electron chi connectivity index (χ1n) is 9.51. The van der Waals surface area contributed by atoms with E-state index in [1.54, 1.807) is 4.90 Å². The van der Waals surface area contributed by atoms with Crippen LogP contribution in [0.3, 0.4) is 0 Å². The van der Waals surface area contributed by atoms with E-state index < -0.39 is 5.54 Å². The van der Waals surface area contributed by atoms with Gasteiger partial charge in [-0.15, -0.1) is 0 Å². The maximum absolute atomic E-state index is 13.0. The second-order valence-corrected chi connectivity index (χ2v) is 7.27. The normalized spacial score (nSPS) is 15.9. The van der Waals surface area contributed by atoms with Crippen molar-refractivity contribution in [2.45, 2.75) is 25.0 Å². The first-order chi connectivity index (χ1) is 13.5. The number of hydrogen-bond acceptors (Lipinski definition) is 4. The minimum Gasteiger partial charge on any atom is -0.445 e. The van der Waals surface area contributed by atoms with Crippen molar-refractivity contribution in [1.29, 1.82) is 0 Å². The summed E-state index contributed by atoms with van der Waals surface area (Å²) in [6.07, 6.45) is 0.776. The fourth-order valence-corrected chi connectivity index (χ4v) is 3.52. The molecule has 0 unspecified atom stereocenters. The number of amides is 2. The quantitative estimate of drug-likeness (QED) is 0.863. The third-order valence-electron chi connectivity index (χ3n) is 5.36. The Morgan fingerprint density at radius 2 is 1.57 bits per heavy atom. The van der Waals surface area contributed by atoms with Crippen LogP contribution in [-0.4, -0.2) is 54.5 Å². The fourth-order valence-electron chi connectivity index (χ4n) is 3.52. The number of carbonyl (C=O) groups is 2. The van der Waals surface area contributed by atoms with Crippen molar-refractivity contribution < 1.29 is 14.3 Å². The molecule has 2 aromatic carbocycles. The number of benzene rings is 2.